The van der Waals surface area contributed by atoms with Crippen molar-refractivity contribution in [1.82, 2.24) is 15.3 Å². The van der Waals surface area contributed by atoms with Gasteiger partial charge < -0.3 is 10.7 Å². The van der Waals surface area contributed by atoms with E-state index in [1.807, 2.05) is 0 Å². The monoisotopic (exact) mass is 232 g/mol. The lowest BCUT2D eigenvalue weighted by Crippen LogP contribution is -1.98. The molecule has 3 aromatic rings. The molecule has 3 N–H and O–H groups in total. The summed E-state index contributed by atoms with van der Waals surface area (Å²) in [5.74, 6) is -0.302. The van der Waals surface area contributed by atoms with Crippen molar-refractivity contribution in [2.24, 2.45) is 5.73 Å². The molecule has 0 radical (unpaired) electrons. The first-order valence-electron chi connectivity index (χ1n) is 5.08. The third kappa shape index (κ3) is 1.50. The molecule has 0 unspecified atom stereocenters. The predicted molar refractivity (Wildman–Crippen MR) is 59.4 cm³/mol. The number of rotatable bonds is 2. The normalized spacial score (nSPS) is 11.2. The Balaban J connectivity index is 2.27. The largest absolute Gasteiger partial charge is 0.360 e. The molecule has 6 heteroatoms. The summed E-state index contributed by atoms with van der Waals surface area (Å²) in [4.78, 5) is 3.04. The van der Waals surface area contributed by atoms with Gasteiger partial charge in [-0.25, -0.2) is 9.02 Å². The molecular formula is C11H9FN4O. The second kappa shape index (κ2) is 3.67. The lowest BCUT2D eigenvalue weighted by molar-refractivity contribution is 0.304. The average Bonchev–Trinajstić information content (AvgIpc) is 2.93. The van der Waals surface area contributed by atoms with E-state index >= 15 is 0 Å². The molecule has 0 amide bonds. The molecule has 3 rings (SSSR count). The van der Waals surface area contributed by atoms with Crippen LogP contribution < -0.4 is 5.73 Å². The molecule has 0 spiro atoms. The highest BCUT2D eigenvalue weighted by atomic mass is 19.1. The fraction of sp³-hybridized carbons (Fsp3) is 0.0909. The number of fused-ring (bicyclic) bond motifs is 1. The summed E-state index contributed by atoms with van der Waals surface area (Å²) in [6.45, 7) is 0.223. The van der Waals surface area contributed by atoms with Gasteiger partial charge in [-0.3, -0.25) is 0 Å². The van der Waals surface area contributed by atoms with Crippen LogP contribution in [0.15, 0.2) is 29.0 Å². The van der Waals surface area contributed by atoms with Gasteiger partial charge in [0, 0.05) is 29.2 Å². The Morgan fingerprint density at radius 1 is 1.35 bits per heavy atom. The summed E-state index contributed by atoms with van der Waals surface area (Å²) in [5.41, 5.74) is 8.19. The molecule has 2 aromatic heterocycles. The Labute approximate surface area is 95.4 Å². The molecule has 17 heavy (non-hydrogen) atoms. The van der Waals surface area contributed by atoms with Crippen LogP contribution in [0.1, 0.15) is 5.69 Å². The molecule has 0 aliphatic carbocycles. The SMILES string of the molecule is NCc1nonc1-c1c[nH]c2ccc(F)cc12. The Kier molecular flexibility index (Phi) is 2.15. The van der Waals surface area contributed by atoms with Crippen LogP contribution in [0.3, 0.4) is 0 Å². The van der Waals surface area contributed by atoms with Gasteiger partial charge in [0.15, 0.2) is 0 Å². The zero-order valence-electron chi connectivity index (χ0n) is 8.77. The van der Waals surface area contributed by atoms with E-state index in [2.05, 4.69) is 19.9 Å². The van der Waals surface area contributed by atoms with E-state index in [1.165, 1.54) is 12.1 Å². The van der Waals surface area contributed by atoms with Crippen molar-refractivity contribution in [2.45, 2.75) is 6.54 Å². The number of nitrogens with two attached hydrogens (primary N) is 1. The predicted octanol–water partition coefficient (Wildman–Crippen LogP) is 1.82. The first-order valence-corrected chi connectivity index (χ1v) is 5.08. The summed E-state index contributed by atoms with van der Waals surface area (Å²) < 4.78 is 17.9. The van der Waals surface area contributed by atoms with Crippen molar-refractivity contribution in [1.29, 1.82) is 0 Å². The highest BCUT2D eigenvalue weighted by Crippen LogP contribution is 2.29. The van der Waals surface area contributed by atoms with Gasteiger partial charge in [-0.05, 0) is 23.4 Å². The molecule has 0 saturated carbocycles. The number of aromatic amines is 1. The van der Waals surface area contributed by atoms with Crippen LogP contribution in [0.25, 0.3) is 22.2 Å². The quantitative estimate of drug-likeness (QED) is 0.706. The topological polar surface area (TPSA) is 80.7 Å². The molecule has 0 atom stereocenters. The summed E-state index contributed by atoms with van der Waals surface area (Å²) in [6.07, 6.45) is 1.74. The van der Waals surface area contributed by atoms with E-state index < -0.39 is 0 Å². The minimum absolute atomic E-state index is 0.223. The van der Waals surface area contributed by atoms with Gasteiger partial charge in [0.25, 0.3) is 0 Å². The van der Waals surface area contributed by atoms with E-state index in [1.54, 1.807) is 12.3 Å². The van der Waals surface area contributed by atoms with E-state index in [0.717, 1.165) is 16.5 Å². The molecule has 2 heterocycles. The Hall–Kier alpha value is -2.21. The van der Waals surface area contributed by atoms with Crippen LogP contribution in [0.2, 0.25) is 0 Å². The molecular weight excluding hydrogens is 223 g/mol. The minimum Gasteiger partial charge on any atom is -0.360 e. The first-order chi connectivity index (χ1) is 8.29. The van der Waals surface area contributed by atoms with Crippen LogP contribution >= 0.6 is 0 Å². The van der Waals surface area contributed by atoms with Crippen LogP contribution in [0.4, 0.5) is 4.39 Å². The zero-order valence-corrected chi connectivity index (χ0v) is 8.77. The summed E-state index contributed by atoms with van der Waals surface area (Å²) in [7, 11) is 0. The fourth-order valence-electron chi connectivity index (χ4n) is 1.83. The number of nitrogens with zero attached hydrogens (tertiary/aromatic N) is 2. The molecule has 0 fully saturated rings. The molecule has 86 valence electrons. The lowest BCUT2D eigenvalue weighted by atomic mass is 10.1. The standard InChI is InChI=1S/C11H9FN4O/c12-6-1-2-9-7(3-6)8(5-14-9)11-10(4-13)15-17-16-11/h1-3,5,14H,4,13H2. The average molecular weight is 232 g/mol. The number of aromatic nitrogens is 3. The van der Waals surface area contributed by atoms with Gasteiger partial charge in [-0.2, -0.15) is 0 Å². The second-order valence-electron chi connectivity index (χ2n) is 3.66. The number of H-pyrrole nitrogens is 1. The van der Waals surface area contributed by atoms with Crippen molar-refractivity contribution >= 4 is 10.9 Å². The maximum Gasteiger partial charge on any atom is 0.141 e. The summed E-state index contributed by atoms with van der Waals surface area (Å²) >= 11 is 0. The van der Waals surface area contributed by atoms with Crippen molar-refractivity contribution < 1.29 is 9.02 Å². The smallest absolute Gasteiger partial charge is 0.141 e. The van der Waals surface area contributed by atoms with Crippen molar-refractivity contribution in [3.63, 3.8) is 0 Å². The maximum absolute atomic E-state index is 13.2. The van der Waals surface area contributed by atoms with Gasteiger partial charge in [0.2, 0.25) is 0 Å². The van der Waals surface area contributed by atoms with E-state index in [9.17, 15) is 4.39 Å². The number of benzene rings is 1. The van der Waals surface area contributed by atoms with Crippen LogP contribution in [0, 0.1) is 5.82 Å². The van der Waals surface area contributed by atoms with Gasteiger partial charge >= 0.3 is 0 Å². The Morgan fingerprint density at radius 3 is 3.06 bits per heavy atom. The maximum atomic E-state index is 13.2. The molecule has 5 nitrogen and oxygen atoms in total. The van der Waals surface area contributed by atoms with Crippen molar-refractivity contribution in [3.05, 3.63) is 35.9 Å². The molecule has 0 aliphatic rings. The third-order valence-corrected chi connectivity index (χ3v) is 2.65. The fourth-order valence-corrected chi connectivity index (χ4v) is 1.83. The Bertz CT molecular complexity index is 673. The third-order valence-electron chi connectivity index (χ3n) is 2.65. The number of halogens is 1. The van der Waals surface area contributed by atoms with Crippen molar-refractivity contribution in [3.8, 4) is 11.3 Å². The minimum atomic E-state index is -0.302. The molecule has 1 aromatic carbocycles. The summed E-state index contributed by atoms with van der Waals surface area (Å²) in [6, 6.07) is 4.51. The van der Waals surface area contributed by atoms with Crippen LogP contribution in [-0.4, -0.2) is 15.3 Å². The van der Waals surface area contributed by atoms with E-state index in [4.69, 9.17) is 5.73 Å². The van der Waals surface area contributed by atoms with E-state index in [-0.39, 0.29) is 12.4 Å². The van der Waals surface area contributed by atoms with Gasteiger partial charge in [0.05, 0.1) is 0 Å². The Morgan fingerprint density at radius 2 is 2.24 bits per heavy atom. The van der Waals surface area contributed by atoms with Gasteiger partial charge in [0.1, 0.15) is 17.2 Å². The highest BCUT2D eigenvalue weighted by Gasteiger charge is 2.15. The van der Waals surface area contributed by atoms with Gasteiger partial charge in [-0.1, -0.05) is 5.16 Å². The zero-order chi connectivity index (χ0) is 11.8. The first kappa shape index (κ1) is 9.98. The number of nitrogens with one attached hydrogen (secondary N) is 1. The van der Waals surface area contributed by atoms with Crippen molar-refractivity contribution in [2.75, 3.05) is 0 Å². The molecule has 0 saturated heterocycles. The number of hydrogen-bond acceptors (Lipinski definition) is 4. The summed E-state index contributed by atoms with van der Waals surface area (Å²) in [5, 5.41) is 8.23. The highest BCUT2D eigenvalue weighted by molar-refractivity contribution is 5.94. The second-order valence-corrected chi connectivity index (χ2v) is 3.66. The van der Waals surface area contributed by atoms with Crippen LogP contribution in [0.5, 0.6) is 0 Å². The van der Waals surface area contributed by atoms with Gasteiger partial charge in [-0.15, -0.1) is 0 Å². The molecule has 0 bridgehead atoms. The molecule has 0 aliphatic heterocycles. The van der Waals surface area contributed by atoms with E-state index in [0.29, 0.717) is 11.4 Å². The van der Waals surface area contributed by atoms with Crippen LogP contribution in [-0.2, 0) is 6.54 Å². The lowest BCUT2D eigenvalue weighted by Gasteiger charge is -1.95. The number of hydrogen-bond donors (Lipinski definition) is 2.